The quantitative estimate of drug-likeness (QED) is 0.262. The smallest absolute Gasteiger partial charge is 0.247 e. The highest BCUT2D eigenvalue weighted by Gasteiger charge is 2.31. The summed E-state index contributed by atoms with van der Waals surface area (Å²) in [6, 6.07) is 22.2. The monoisotopic (exact) mass is 583 g/mol. The largest absolute Gasteiger partial charge is 0.354 e. The van der Waals surface area contributed by atoms with Gasteiger partial charge in [-0.25, -0.2) is 13.1 Å². The molecule has 0 saturated heterocycles. The highest BCUT2D eigenvalue weighted by molar-refractivity contribution is 7.89. The number of halogens is 1. The van der Waals surface area contributed by atoms with Crippen molar-refractivity contribution in [1.82, 2.24) is 14.9 Å². The summed E-state index contributed by atoms with van der Waals surface area (Å²) in [6.07, 6.45) is 1.38. The van der Waals surface area contributed by atoms with Gasteiger partial charge in [-0.2, -0.15) is 0 Å². The van der Waals surface area contributed by atoms with Gasteiger partial charge in [0.15, 0.2) is 0 Å². The summed E-state index contributed by atoms with van der Waals surface area (Å²) in [5.41, 5.74) is 2.41. The van der Waals surface area contributed by atoms with E-state index >= 15 is 0 Å². The van der Waals surface area contributed by atoms with E-state index in [4.69, 9.17) is 11.6 Å². The minimum Gasteiger partial charge on any atom is -0.354 e. The molecule has 1 unspecified atom stereocenters. The SMILES string of the molecule is CCNS(=O)(=O)c1ccc(CCC(=O)N(Cc2ccc(Cl)cc2)C(C(=O)NCCC(C)C)c2ccccc2)cc1. The first kappa shape index (κ1) is 31.3. The lowest BCUT2D eigenvalue weighted by molar-refractivity contribution is -0.141. The fourth-order valence-electron chi connectivity index (χ4n) is 4.30. The van der Waals surface area contributed by atoms with Gasteiger partial charge in [-0.1, -0.05) is 87.0 Å². The van der Waals surface area contributed by atoms with Crippen molar-refractivity contribution in [2.45, 2.75) is 57.5 Å². The Balaban J connectivity index is 1.87. The highest BCUT2D eigenvalue weighted by atomic mass is 35.5. The zero-order valence-electron chi connectivity index (χ0n) is 23.3. The molecule has 0 aliphatic carbocycles. The third-order valence-corrected chi connectivity index (χ3v) is 8.29. The Morgan fingerprint density at radius 1 is 0.900 bits per heavy atom. The lowest BCUT2D eigenvalue weighted by Crippen LogP contribution is -2.43. The molecule has 0 radical (unpaired) electrons. The van der Waals surface area contributed by atoms with E-state index < -0.39 is 16.1 Å². The molecule has 3 aromatic carbocycles. The number of amides is 2. The molecule has 2 N–H and O–H groups in total. The molecule has 1 atom stereocenters. The summed E-state index contributed by atoms with van der Waals surface area (Å²) in [4.78, 5) is 29.2. The second-order valence-corrected chi connectivity index (χ2v) is 12.3. The van der Waals surface area contributed by atoms with E-state index in [0.29, 0.717) is 30.5 Å². The lowest BCUT2D eigenvalue weighted by atomic mass is 10.0. The second-order valence-electron chi connectivity index (χ2n) is 10.1. The van der Waals surface area contributed by atoms with E-state index in [0.717, 1.165) is 23.1 Å². The lowest BCUT2D eigenvalue weighted by Gasteiger charge is -2.32. The van der Waals surface area contributed by atoms with Crippen molar-refractivity contribution in [3.63, 3.8) is 0 Å². The summed E-state index contributed by atoms with van der Waals surface area (Å²) in [6.45, 7) is 6.97. The number of benzene rings is 3. The summed E-state index contributed by atoms with van der Waals surface area (Å²) in [5, 5.41) is 3.62. The van der Waals surface area contributed by atoms with Gasteiger partial charge in [0.1, 0.15) is 6.04 Å². The fraction of sp³-hybridized carbons (Fsp3) is 0.355. The van der Waals surface area contributed by atoms with Crippen molar-refractivity contribution in [1.29, 1.82) is 0 Å². The van der Waals surface area contributed by atoms with Crippen LogP contribution in [0, 0.1) is 5.92 Å². The van der Waals surface area contributed by atoms with Crippen molar-refractivity contribution in [3.05, 3.63) is 101 Å². The number of aryl methyl sites for hydroxylation is 1. The Morgan fingerprint density at radius 2 is 1.52 bits per heavy atom. The molecule has 0 aliphatic heterocycles. The van der Waals surface area contributed by atoms with Gasteiger partial charge in [-0.3, -0.25) is 9.59 Å². The molecule has 214 valence electrons. The van der Waals surface area contributed by atoms with Gasteiger partial charge >= 0.3 is 0 Å². The van der Waals surface area contributed by atoms with Crippen LogP contribution in [0.2, 0.25) is 5.02 Å². The molecule has 0 spiro atoms. The molecular weight excluding hydrogens is 546 g/mol. The van der Waals surface area contributed by atoms with Crippen LogP contribution < -0.4 is 10.0 Å². The normalized spacial score (nSPS) is 12.2. The predicted octanol–water partition coefficient (Wildman–Crippen LogP) is 5.50. The molecule has 40 heavy (non-hydrogen) atoms. The first-order chi connectivity index (χ1) is 19.1. The van der Waals surface area contributed by atoms with Gasteiger partial charge in [0.05, 0.1) is 4.90 Å². The van der Waals surface area contributed by atoms with Crippen LogP contribution in [0.4, 0.5) is 0 Å². The van der Waals surface area contributed by atoms with Gasteiger partial charge in [0, 0.05) is 31.1 Å². The maximum Gasteiger partial charge on any atom is 0.247 e. The molecule has 2 amide bonds. The standard InChI is InChI=1S/C31H38ClN3O4S/c1-4-34-40(38,39)28-17-12-24(13-18-28)14-19-29(36)35(22-25-10-15-27(32)16-11-25)30(26-8-6-5-7-9-26)31(37)33-21-20-23(2)3/h5-13,15-18,23,30,34H,4,14,19-22H2,1-3H3,(H,33,37). The van der Waals surface area contributed by atoms with Gasteiger partial charge in [0.25, 0.3) is 0 Å². The molecule has 3 rings (SSSR count). The third-order valence-electron chi connectivity index (χ3n) is 6.48. The molecule has 0 aromatic heterocycles. The van der Waals surface area contributed by atoms with Crippen LogP contribution in [0.1, 0.15) is 56.3 Å². The minimum atomic E-state index is -3.55. The van der Waals surface area contributed by atoms with Crippen LogP contribution in [0.5, 0.6) is 0 Å². The number of hydrogen-bond acceptors (Lipinski definition) is 4. The number of sulfonamides is 1. The van der Waals surface area contributed by atoms with E-state index in [1.165, 1.54) is 12.1 Å². The van der Waals surface area contributed by atoms with Gasteiger partial charge < -0.3 is 10.2 Å². The molecule has 7 nitrogen and oxygen atoms in total. The Hall–Kier alpha value is -3.20. The highest BCUT2D eigenvalue weighted by Crippen LogP contribution is 2.26. The Kier molecular flexibility index (Phi) is 11.7. The van der Waals surface area contributed by atoms with E-state index in [9.17, 15) is 18.0 Å². The Bertz CT molecular complexity index is 1350. The van der Waals surface area contributed by atoms with Crippen molar-refractivity contribution in [2.75, 3.05) is 13.1 Å². The molecule has 3 aromatic rings. The van der Waals surface area contributed by atoms with Crippen molar-refractivity contribution in [3.8, 4) is 0 Å². The number of rotatable bonds is 14. The van der Waals surface area contributed by atoms with Crippen molar-refractivity contribution >= 4 is 33.4 Å². The molecule has 0 saturated carbocycles. The number of carbonyl (C=O) groups is 2. The minimum absolute atomic E-state index is 0.148. The van der Waals surface area contributed by atoms with Crippen LogP contribution in [-0.2, 0) is 32.6 Å². The Morgan fingerprint density at radius 3 is 2.12 bits per heavy atom. The third kappa shape index (κ3) is 9.18. The summed E-state index contributed by atoms with van der Waals surface area (Å²) in [5.74, 6) is 0.0146. The van der Waals surface area contributed by atoms with Crippen LogP contribution in [0.15, 0.2) is 83.8 Å². The van der Waals surface area contributed by atoms with E-state index in [1.54, 1.807) is 36.1 Å². The first-order valence-electron chi connectivity index (χ1n) is 13.6. The topological polar surface area (TPSA) is 95.6 Å². The van der Waals surface area contributed by atoms with Gasteiger partial charge in [0.2, 0.25) is 21.8 Å². The summed E-state index contributed by atoms with van der Waals surface area (Å²) < 4.78 is 27.0. The van der Waals surface area contributed by atoms with Crippen LogP contribution in [0.3, 0.4) is 0 Å². The number of nitrogens with one attached hydrogen (secondary N) is 2. The molecule has 9 heteroatoms. The van der Waals surface area contributed by atoms with Crippen LogP contribution in [0.25, 0.3) is 0 Å². The zero-order chi connectivity index (χ0) is 29.1. The average molecular weight is 584 g/mol. The predicted molar refractivity (Wildman–Crippen MR) is 159 cm³/mol. The van der Waals surface area contributed by atoms with Crippen LogP contribution in [-0.4, -0.2) is 38.2 Å². The van der Waals surface area contributed by atoms with Crippen molar-refractivity contribution < 1.29 is 18.0 Å². The van der Waals surface area contributed by atoms with E-state index in [-0.39, 0.29) is 29.7 Å². The van der Waals surface area contributed by atoms with Gasteiger partial charge in [-0.05, 0) is 59.7 Å². The second kappa shape index (κ2) is 15.0. The number of nitrogens with zero attached hydrogens (tertiary/aromatic N) is 1. The van der Waals surface area contributed by atoms with E-state index in [2.05, 4.69) is 23.9 Å². The molecular formula is C31H38ClN3O4S. The molecule has 0 heterocycles. The molecule has 0 bridgehead atoms. The van der Waals surface area contributed by atoms with Crippen LogP contribution >= 0.6 is 11.6 Å². The van der Waals surface area contributed by atoms with Crippen molar-refractivity contribution in [2.24, 2.45) is 5.92 Å². The first-order valence-corrected chi connectivity index (χ1v) is 15.4. The zero-order valence-corrected chi connectivity index (χ0v) is 24.8. The van der Waals surface area contributed by atoms with E-state index in [1.807, 2.05) is 42.5 Å². The van der Waals surface area contributed by atoms with Gasteiger partial charge in [-0.15, -0.1) is 0 Å². The maximum atomic E-state index is 13.8. The fourth-order valence-corrected chi connectivity index (χ4v) is 5.47. The Labute approximate surface area is 243 Å². The summed E-state index contributed by atoms with van der Waals surface area (Å²) >= 11 is 6.09. The molecule has 0 fully saturated rings. The molecule has 0 aliphatic rings. The number of carbonyl (C=O) groups excluding carboxylic acids is 2. The average Bonchev–Trinajstić information content (AvgIpc) is 2.93. The maximum absolute atomic E-state index is 13.8. The number of hydrogen-bond donors (Lipinski definition) is 2. The summed E-state index contributed by atoms with van der Waals surface area (Å²) in [7, 11) is -3.55.